The van der Waals surface area contributed by atoms with Crippen molar-refractivity contribution < 1.29 is 14.6 Å². The van der Waals surface area contributed by atoms with E-state index in [0.717, 1.165) is 16.7 Å². The molecule has 0 spiro atoms. The number of rotatable bonds is 8. The van der Waals surface area contributed by atoms with Crippen molar-refractivity contribution in [1.29, 1.82) is 0 Å². The summed E-state index contributed by atoms with van der Waals surface area (Å²) in [5.74, 6) is -0.514. The SMILES string of the molecule is Cc1cc(Nc2nc3c(C(=O)O)cn(COCC[Si](C)(C)C)c3nc2C)sn1. The van der Waals surface area contributed by atoms with Crippen LogP contribution in [0.25, 0.3) is 11.2 Å². The number of carbonyl (C=O) groups is 1. The van der Waals surface area contributed by atoms with Gasteiger partial charge in [0.1, 0.15) is 22.8 Å². The second kappa shape index (κ2) is 7.98. The minimum atomic E-state index is -1.18. The molecular weight excluding hydrogens is 394 g/mol. The van der Waals surface area contributed by atoms with Gasteiger partial charge < -0.3 is 19.7 Å². The molecule has 0 saturated carbocycles. The Morgan fingerprint density at radius 2 is 2.07 bits per heavy atom. The molecule has 0 saturated heterocycles. The molecule has 8 nitrogen and oxygen atoms in total. The van der Waals surface area contributed by atoms with Crippen molar-refractivity contribution in [3.63, 3.8) is 0 Å². The van der Waals surface area contributed by atoms with Crippen molar-refractivity contribution in [2.75, 3.05) is 11.9 Å². The first-order chi connectivity index (χ1) is 13.1. The fraction of sp³-hybridized carbons (Fsp3) is 0.444. The van der Waals surface area contributed by atoms with E-state index in [0.29, 0.717) is 29.3 Å². The normalized spacial score (nSPS) is 11.9. The Balaban J connectivity index is 1.89. The third-order valence-electron chi connectivity index (χ3n) is 4.19. The van der Waals surface area contributed by atoms with Gasteiger partial charge >= 0.3 is 5.97 Å². The van der Waals surface area contributed by atoms with Gasteiger partial charge in [-0.1, -0.05) is 19.6 Å². The highest BCUT2D eigenvalue weighted by molar-refractivity contribution is 7.10. The van der Waals surface area contributed by atoms with Crippen molar-refractivity contribution in [2.45, 2.75) is 46.3 Å². The predicted molar refractivity (Wildman–Crippen MR) is 113 cm³/mol. The number of aromatic nitrogens is 4. The number of anilines is 2. The molecule has 0 aliphatic rings. The second-order valence-corrected chi connectivity index (χ2v) is 14.4. The Morgan fingerprint density at radius 3 is 2.68 bits per heavy atom. The molecule has 0 atom stereocenters. The summed E-state index contributed by atoms with van der Waals surface area (Å²) in [4.78, 5) is 20.8. The topological polar surface area (TPSA) is 102 Å². The standard InChI is InChI=1S/C18H25N5O3SSi/c1-11-8-14(27-22-11)20-16-12(2)19-17-15(21-16)13(18(24)25)9-23(17)10-26-6-7-28(3,4)5/h8-9H,6-7,10H2,1-5H3,(H,20,21)(H,24,25). The lowest BCUT2D eigenvalue weighted by atomic mass is 10.3. The molecule has 150 valence electrons. The zero-order chi connectivity index (χ0) is 20.5. The number of ether oxygens (including phenoxy) is 1. The molecule has 3 aromatic rings. The van der Waals surface area contributed by atoms with Gasteiger partial charge in [0.25, 0.3) is 0 Å². The van der Waals surface area contributed by atoms with Gasteiger partial charge in [-0.2, -0.15) is 4.37 Å². The van der Waals surface area contributed by atoms with Crippen LogP contribution in [0.3, 0.4) is 0 Å². The predicted octanol–water partition coefficient (Wildman–Crippen LogP) is 4.26. The largest absolute Gasteiger partial charge is 0.478 e. The van der Waals surface area contributed by atoms with Crippen LogP contribution in [0.1, 0.15) is 21.7 Å². The van der Waals surface area contributed by atoms with E-state index >= 15 is 0 Å². The smallest absolute Gasteiger partial charge is 0.339 e. The summed E-state index contributed by atoms with van der Waals surface area (Å²) in [7, 11) is -1.18. The maximum absolute atomic E-state index is 11.7. The molecule has 2 N–H and O–H groups in total. The van der Waals surface area contributed by atoms with Gasteiger partial charge in [-0.15, -0.1) is 0 Å². The molecule has 0 aliphatic heterocycles. The zero-order valence-electron chi connectivity index (χ0n) is 16.7. The number of aryl methyl sites for hydroxylation is 2. The maximum Gasteiger partial charge on any atom is 0.339 e. The zero-order valence-corrected chi connectivity index (χ0v) is 18.6. The van der Waals surface area contributed by atoms with E-state index in [1.54, 1.807) is 10.8 Å². The quantitative estimate of drug-likeness (QED) is 0.415. The first-order valence-corrected chi connectivity index (χ1v) is 13.5. The Kier molecular flexibility index (Phi) is 5.82. The van der Waals surface area contributed by atoms with E-state index in [4.69, 9.17) is 4.74 Å². The van der Waals surface area contributed by atoms with Gasteiger partial charge in [-0.3, -0.25) is 0 Å². The van der Waals surface area contributed by atoms with Crippen molar-refractivity contribution in [3.8, 4) is 0 Å². The second-order valence-electron chi connectivity index (χ2n) is 7.95. The summed E-state index contributed by atoms with van der Waals surface area (Å²) in [6.45, 7) is 11.5. The van der Waals surface area contributed by atoms with Crippen LogP contribution in [-0.4, -0.2) is 44.7 Å². The van der Waals surface area contributed by atoms with Crippen LogP contribution >= 0.6 is 11.5 Å². The summed E-state index contributed by atoms with van der Waals surface area (Å²) >= 11 is 1.32. The van der Waals surface area contributed by atoms with Gasteiger partial charge in [0, 0.05) is 20.9 Å². The van der Waals surface area contributed by atoms with Crippen molar-refractivity contribution >= 4 is 47.6 Å². The van der Waals surface area contributed by atoms with Crippen LogP contribution in [0.15, 0.2) is 12.3 Å². The summed E-state index contributed by atoms with van der Waals surface area (Å²) in [6, 6.07) is 2.96. The van der Waals surface area contributed by atoms with E-state index < -0.39 is 14.0 Å². The summed E-state index contributed by atoms with van der Waals surface area (Å²) < 4.78 is 11.7. The molecule has 0 aliphatic carbocycles. The molecule has 0 bridgehead atoms. The monoisotopic (exact) mass is 419 g/mol. The lowest BCUT2D eigenvalue weighted by molar-refractivity contribution is 0.0696. The molecular formula is C18H25N5O3SSi. The van der Waals surface area contributed by atoms with E-state index in [-0.39, 0.29) is 12.3 Å². The third-order valence-corrected chi connectivity index (χ3v) is 6.69. The lowest BCUT2D eigenvalue weighted by Crippen LogP contribution is -2.22. The molecule has 0 aromatic carbocycles. The molecule has 3 heterocycles. The fourth-order valence-electron chi connectivity index (χ4n) is 2.62. The van der Waals surface area contributed by atoms with E-state index in [2.05, 4.69) is 39.3 Å². The highest BCUT2D eigenvalue weighted by Crippen LogP contribution is 2.26. The Hall–Kier alpha value is -2.30. The highest BCUT2D eigenvalue weighted by atomic mass is 32.1. The summed E-state index contributed by atoms with van der Waals surface area (Å²) in [6.07, 6.45) is 1.54. The first-order valence-electron chi connectivity index (χ1n) is 9.03. The van der Waals surface area contributed by atoms with Crippen LogP contribution < -0.4 is 5.32 Å². The summed E-state index contributed by atoms with van der Waals surface area (Å²) in [5.41, 5.74) is 2.55. The lowest BCUT2D eigenvalue weighted by Gasteiger charge is -2.15. The minimum Gasteiger partial charge on any atom is -0.478 e. The number of nitrogens with zero attached hydrogens (tertiary/aromatic N) is 4. The van der Waals surface area contributed by atoms with Crippen molar-refractivity contribution in [1.82, 2.24) is 18.9 Å². The first kappa shape index (κ1) is 20.4. The molecule has 0 radical (unpaired) electrons. The molecule has 10 heteroatoms. The third kappa shape index (κ3) is 4.75. The van der Waals surface area contributed by atoms with Crippen LogP contribution in [0.4, 0.5) is 10.8 Å². The summed E-state index contributed by atoms with van der Waals surface area (Å²) in [5, 5.41) is 13.6. The minimum absolute atomic E-state index is 0.111. The van der Waals surface area contributed by atoms with E-state index in [1.807, 2.05) is 19.9 Å². The molecule has 0 unspecified atom stereocenters. The van der Waals surface area contributed by atoms with E-state index in [1.165, 1.54) is 11.5 Å². The molecule has 28 heavy (non-hydrogen) atoms. The maximum atomic E-state index is 11.7. The average molecular weight is 420 g/mol. The number of carboxylic acid groups (broad SMARTS) is 1. The number of carboxylic acids is 1. The number of aromatic carboxylic acids is 1. The number of nitrogens with one attached hydrogen (secondary N) is 1. The number of hydrogen-bond acceptors (Lipinski definition) is 7. The molecule has 0 fully saturated rings. The van der Waals surface area contributed by atoms with Gasteiger partial charge in [-0.05, 0) is 37.5 Å². The van der Waals surface area contributed by atoms with E-state index in [9.17, 15) is 9.90 Å². The van der Waals surface area contributed by atoms with Gasteiger partial charge in [0.15, 0.2) is 11.5 Å². The van der Waals surface area contributed by atoms with Crippen LogP contribution in [0.2, 0.25) is 25.7 Å². The molecule has 3 aromatic heterocycles. The van der Waals surface area contributed by atoms with Crippen LogP contribution in [0.5, 0.6) is 0 Å². The Labute approximate surface area is 168 Å². The molecule has 0 amide bonds. The van der Waals surface area contributed by atoms with Gasteiger partial charge in [0.05, 0.1) is 11.4 Å². The van der Waals surface area contributed by atoms with Crippen LogP contribution in [-0.2, 0) is 11.5 Å². The van der Waals surface area contributed by atoms with Crippen molar-refractivity contribution in [3.05, 3.63) is 29.2 Å². The average Bonchev–Trinajstić information content (AvgIpc) is 3.15. The fourth-order valence-corrected chi connectivity index (χ4v) is 4.04. The number of fused-ring (bicyclic) bond motifs is 1. The van der Waals surface area contributed by atoms with Gasteiger partial charge in [-0.25, -0.2) is 14.8 Å². The Morgan fingerprint density at radius 1 is 1.32 bits per heavy atom. The van der Waals surface area contributed by atoms with Crippen LogP contribution in [0, 0.1) is 13.8 Å². The van der Waals surface area contributed by atoms with Crippen molar-refractivity contribution in [2.24, 2.45) is 0 Å². The molecule has 3 rings (SSSR count). The number of hydrogen-bond donors (Lipinski definition) is 2. The Bertz CT molecular complexity index is 1010. The van der Waals surface area contributed by atoms with Gasteiger partial charge in [0.2, 0.25) is 0 Å². The highest BCUT2D eigenvalue weighted by Gasteiger charge is 2.20.